The fourth-order valence-electron chi connectivity index (χ4n) is 1.14. The van der Waals surface area contributed by atoms with Crippen molar-refractivity contribution in [2.75, 3.05) is 5.73 Å². The number of nitrogens with zero attached hydrogens (tertiary/aromatic N) is 2. The summed E-state index contributed by atoms with van der Waals surface area (Å²) in [5, 5.41) is 0.739. The van der Waals surface area contributed by atoms with Crippen LogP contribution < -0.4 is 5.73 Å². The lowest BCUT2D eigenvalue weighted by atomic mass is 10.4. The number of nitrogen functional groups attached to an aromatic ring is 1. The summed E-state index contributed by atoms with van der Waals surface area (Å²) in [4.78, 5) is 9.36. The Hall–Kier alpha value is -1.26. The van der Waals surface area contributed by atoms with Crippen LogP contribution in [-0.2, 0) is 5.75 Å². The molecule has 0 aliphatic heterocycles. The van der Waals surface area contributed by atoms with E-state index in [1.807, 2.05) is 24.3 Å². The summed E-state index contributed by atoms with van der Waals surface area (Å²) in [6, 6.07) is 7.71. The second kappa shape index (κ2) is 5.18. The van der Waals surface area contributed by atoms with Crippen molar-refractivity contribution < 1.29 is 0 Å². The normalized spacial score (nSPS) is 10.3. The molecule has 0 bridgehead atoms. The van der Waals surface area contributed by atoms with Crippen LogP contribution in [0.15, 0.2) is 41.6 Å². The first-order valence-corrected chi connectivity index (χ1v) is 6.05. The molecule has 0 amide bonds. The molecular formula is C11H10ClN3S. The highest BCUT2D eigenvalue weighted by Crippen LogP contribution is 2.23. The van der Waals surface area contributed by atoms with Gasteiger partial charge in [0, 0.05) is 9.92 Å². The van der Waals surface area contributed by atoms with E-state index in [9.17, 15) is 0 Å². The van der Waals surface area contributed by atoms with Crippen LogP contribution in [0.4, 0.5) is 5.69 Å². The number of nitrogens with two attached hydrogens (primary N) is 1. The van der Waals surface area contributed by atoms with Gasteiger partial charge < -0.3 is 5.73 Å². The molecule has 0 unspecified atom stereocenters. The fraction of sp³-hybridized carbons (Fsp3) is 0.0909. The molecule has 16 heavy (non-hydrogen) atoms. The van der Waals surface area contributed by atoms with Crippen molar-refractivity contribution in [1.29, 1.82) is 0 Å². The van der Waals surface area contributed by atoms with Crippen molar-refractivity contribution in [1.82, 2.24) is 9.97 Å². The van der Waals surface area contributed by atoms with E-state index in [0.717, 1.165) is 15.7 Å². The van der Waals surface area contributed by atoms with Gasteiger partial charge in [0.15, 0.2) is 0 Å². The Morgan fingerprint density at radius 1 is 1.25 bits per heavy atom. The Morgan fingerprint density at radius 3 is 2.69 bits per heavy atom. The van der Waals surface area contributed by atoms with Crippen LogP contribution in [0.2, 0.25) is 5.02 Å². The molecule has 3 nitrogen and oxygen atoms in total. The number of halogens is 1. The molecule has 0 saturated heterocycles. The average Bonchev–Trinajstić information content (AvgIpc) is 2.28. The summed E-state index contributed by atoms with van der Waals surface area (Å²) < 4.78 is 0. The molecule has 2 N–H and O–H groups in total. The van der Waals surface area contributed by atoms with Crippen LogP contribution >= 0.6 is 23.4 Å². The zero-order valence-electron chi connectivity index (χ0n) is 8.43. The topological polar surface area (TPSA) is 51.8 Å². The van der Waals surface area contributed by atoms with Crippen LogP contribution in [-0.4, -0.2) is 9.97 Å². The van der Waals surface area contributed by atoms with Crippen LogP contribution in [0.3, 0.4) is 0 Å². The van der Waals surface area contributed by atoms with Crippen LogP contribution in [0.5, 0.6) is 0 Å². The van der Waals surface area contributed by atoms with Gasteiger partial charge in [-0.15, -0.1) is 11.8 Å². The number of anilines is 1. The Morgan fingerprint density at radius 2 is 2.00 bits per heavy atom. The first-order valence-electron chi connectivity index (χ1n) is 4.69. The quantitative estimate of drug-likeness (QED) is 0.852. The highest BCUT2D eigenvalue weighted by molar-refractivity contribution is 7.98. The van der Waals surface area contributed by atoms with Crippen molar-refractivity contribution in [3.63, 3.8) is 0 Å². The lowest BCUT2D eigenvalue weighted by Crippen LogP contribution is -1.94. The number of benzene rings is 1. The highest BCUT2D eigenvalue weighted by Gasteiger charge is 1.99. The third kappa shape index (κ3) is 3.12. The number of aromatic nitrogens is 2. The van der Waals surface area contributed by atoms with Gasteiger partial charge >= 0.3 is 0 Å². The predicted octanol–water partition coefficient (Wildman–Crippen LogP) is 3.00. The maximum Gasteiger partial charge on any atom is 0.138 e. The average molecular weight is 252 g/mol. The van der Waals surface area contributed by atoms with Crippen molar-refractivity contribution >= 4 is 29.1 Å². The lowest BCUT2D eigenvalue weighted by molar-refractivity contribution is 1.04. The van der Waals surface area contributed by atoms with Gasteiger partial charge in [0.05, 0.1) is 23.8 Å². The zero-order chi connectivity index (χ0) is 11.4. The molecule has 0 radical (unpaired) electrons. The molecule has 0 aliphatic rings. The van der Waals surface area contributed by atoms with Crippen molar-refractivity contribution in [2.24, 2.45) is 0 Å². The second-order valence-corrected chi connectivity index (χ2v) is 4.66. The molecule has 2 rings (SSSR count). The molecule has 0 saturated carbocycles. The smallest absolute Gasteiger partial charge is 0.138 e. The summed E-state index contributed by atoms with van der Waals surface area (Å²) in [6.45, 7) is 0. The number of rotatable bonds is 3. The van der Waals surface area contributed by atoms with E-state index < -0.39 is 0 Å². The van der Waals surface area contributed by atoms with Crippen LogP contribution in [0.1, 0.15) is 5.82 Å². The van der Waals surface area contributed by atoms with Crippen molar-refractivity contribution in [2.45, 2.75) is 10.6 Å². The largest absolute Gasteiger partial charge is 0.396 e. The third-order valence-corrected chi connectivity index (χ3v) is 3.11. The van der Waals surface area contributed by atoms with Gasteiger partial charge in [-0.3, -0.25) is 0 Å². The van der Waals surface area contributed by atoms with E-state index in [2.05, 4.69) is 9.97 Å². The molecule has 1 aromatic carbocycles. The zero-order valence-corrected chi connectivity index (χ0v) is 10.0. The Bertz CT molecular complexity index is 473. The van der Waals surface area contributed by atoms with Crippen LogP contribution in [0, 0.1) is 0 Å². The highest BCUT2D eigenvalue weighted by atomic mass is 35.5. The molecule has 82 valence electrons. The molecule has 1 aromatic heterocycles. The molecular weight excluding hydrogens is 242 g/mol. The van der Waals surface area contributed by atoms with Crippen LogP contribution in [0.25, 0.3) is 0 Å². The molecule has 5 heteroatoms. The van der Waals surface area contributed by atoms with E-state index in [1.54, 1.807) is 24.2 Å². The van der Waals surface area contributed by atoms with Crippen molar-refractivity contribution in [3.05, 3.63) is 47.5 Å². The first kappa shape index (κ1) is 11.2. The number of hydrogen-bond acceptors (Lipinski definition) is 4. The maximum absolute atomic E-state index is 5.89. The van der Waals surface area contributed by atoms with Gasteiger partial charge in [-0.05, 0) is 18.2 Å². The van der Waals surface area contributed by atoms with Crippen molar-refractivity contribution in [3.8, 4) is 0 Å². The SMILES string of the molecule is Nc1cnc(CSc2cccc(Cl)c2)nc1. The molecule has 0 spiro atoms. The Labute approximate surface area is 103 Å². The summed E-state index contributed by atoms with van der Waals surface area (Å²) in [5.74, 6) is 1.47. The third-order valence-electron chi connectivity index (χ3n) is 1.89. The molecule has 2 aromatic rings. The van der Waals surface area contributed by atoms with Gasteiger partial charge in [0.2, 0.25) is 0 Å². The van der Waals surface area contributed by atoms with Gasteiger partial charge in [-0.25, -0.2) is 9.97 Å². The maximum atomic E-state index is 5.89. The van der Waals surface area contributed by atoms with E-state index in [4.69, 9.17) is 17.3 Å². The minimum absolute atomic E-state index is 0.580. The number of thioether (sulfide) groups is 1. The lowest BCUT2D eigenvalue weighted by Gasteiger charge is -2.01. The predicted molar refractivity (Wildman–Crippen MR) is 67.5 cm³/mol. The number of hydrogen-bond donors (Lipinski definition) is 1. The monoisotopic (exact) mass is 251 g/mol. The Kier molecular flexibility index (Phi) is 3.64. The second-order valence-electron chi connectivity index (χ2n) is 3.18. The standard InChI is InChI=1S/C11H10ClN3S/c12-8-2-1-3-10(4-8)16-7-11-14-5-9(13)6-15-11/h1-6H,7,13H2. The first-order chi connectivity index (χ1) is 7.74. The summed E-state index contributed by atoms with van der Waals surface area (Å²) in [5.41, 5.74) is 6.08. The summed E-state index contributed by atoms with van der Waals surface area (Å²) in [7, 11) is 0. The van der Waals surface area contributed by atoms with Gasteiger partial charge in [0.25, 0.3) is 0 Å². The van der Waals surface area contributed by atoms with E-state index in [0.29, 0.717) is 11.4 Å². The van der Waals surface area contributed by atoms with Gasteiger partial charge in [0.1, 0.15) is 5.82 Å². The summed E-state index contributed by atoms with van der Waals surface area (Å²) >= 11 is 7.53. The minimum Gasteiger partial charge on any atom is -0.396 e. The van der Waals surface area contributed by atoms with E-state index in [-0.39, 0.29) is 0 Å². The minimum atomic E-state index is 0.580. The molecule has 0 fully saturated rings. The Balaban J connectivity index is 1.99. The van der Waals surface area contributed by atoms with E-state index in [1.165, 1.54) is 0 Å². The molecule has 0 atom stereocenters. The summed E-state index contributed by atoms with van der Waals surface area (Å²) in [6.07, 6.45) is 3.22. The van der Waals surface area contributed by atoms with E-state index >= 15 is 0 Å². The van der Waals surface area contributed by atoms with Gasteiger partial charge in [-0.1, -0.05) is 17.7 Å². The molecule has 0 aliphatic carbocycles. The van der Waals surface area contributed by atoms with Gasteiger partial charge in [-0.2, -0.15) is 0 Å². The molecule has 1 heterocycles. The fourth-order valence-corrected chi connectivity index (χ4v) is 2.23.